The first-order chi connectivity index (χ1) is 19.3. The number of nitrogens with zero attached hydrogens (tertiary/aromatic N) is 5. The Bertz CT molecular complexity index is 1460. The molecule has 2 aromatic heterocycles. The lowest BCUT2D eigenvalue weighted by atomic mass is 9.75. The van der Waals surface area contributed by atoms with Gasteiger partial charge in [-0.3, -0.25) is 9.78 Å². The maximum atomic E-state index is 11.3. The van der Waals surface area contributed by atoms with Crippen LogP contribution in [-0.4, -0.2) is 33.1 Å². The van der Waals surface area contributed by atoms with Crippen LogP contribution in [0, 0.1) is 28.7 Å². The third-order valence-electron chi connectivity index (χ3n) is 7.39. The molecule has 0 saturated heterocycles. The minimum atomic E-state index is -0.696. The van der Waals surface area contributed by atoms with Crippen LogP contribution in [0.15, 0.2) is 53.8 Å². The molecule has 11 heteroatoms. The number of nitriles is 1. The molecule has 1 atom stereocenters. The van der Waals surface area contributed by atoms with Crippen LogP contribution in [0.4, 0.5) is 5.95 Å². The molecule has 1 unspecified atom stereocenters. The van der Waals surface area contributed by atoms with Crippen molar-refractivity contribution < 1.29 is 14.6 Å². The van der Waals surface area contributed by atoms with E-state index < -0.39 is 5.97 Å². The number of nitrogens with two attached hydrogens (primary N) is 1. The second kappa shape index (κ2) is 12.8. The lowest BCUT2D eigenvalue weighted by molar-refractivity contribution is -0.143. The van der Waals surface area contributed by atoms with E-state index in [-0.39, 0.29) is 23.5 Å². The number of aliphatic carboxylic acids is 1. The molecule has 0 bridgehead atoms. The average Bonchev–Trinajstić information content (AvgIpc) is 2.98. The van der Waals surface area contributed by atoms with Crippen LogP contribution < -0.4 is 15.8 Å². The molecule has 1 fully saturated rings. The van der Waals surface area contributed by atoms with Gasteiger partial charge in [-0.2, -0.15) is 10.4 Å². The first kappa shape index (κ1) is 28.2. The Kier molecular flexibility index (Phi) is 9.01. The Balaban J connectivity index is 1.48. The molecule has 0 amide bonds. The lowest BCUT2D eigenvalue weighted by Gasteiger charge is -2.30. The van der Waals surface area contributed by atoms with E-state index in [2.05, 4.69) is 33.4 Å². The van der Waals surface area contributed by atoms with Crippen molar-refractivity contribution in [3.63, 3.8) is 0 Å². The number of ether oxygens (including phenoxy) is 1. The van der Waals surface area contributed by atoms with Crippen LogP contribution in [0.3, 0.4) is 0 Å². The van der Waals surface area contributed by atoms with E-state index in [0.717, 1.165) is 24.2 Å². The Morgan fingerprint density at radius 2 is 2.00 bits per heavy atom. The van der Waals surface area contributed by atoms with Gasteiger partial charge in [0.15, 0.2) is 0 Å². The number of benzene rings is 1. The van der Waals surface area contributed by atoms with E-state index in [9.17, 15) is 15.2 Å². The summed E-state index contributed by atoms with van der Waals surface area (Å²) in [4.78, 5) is 24.7. The van der Waals surface area contributed by atoms with Gasteiger partial charge >= 0.3 is 5.97 Å². The molecule has 1 aliphatic carbocycles. The summed E-state index contributed by atoms with van der Waals surface area (Å²) in [5, 5.41) is 25.5. The molecular formula is C29H32N8O3. The summed E-state index contributed by atoms with van der Waals surface area (Å²) in [6.07, 6.45) is 4.77. The van der Waals surface area contributed by atoms with Gasteiger partial charge in [-0.1, -0.05) is 19.1 Å². The summed E-state index contributed by atoms with van der Waals surface area (Å²) in [6, 6.07) is 14.8. The van der Waals surface area contributed by atoms with Crippen molar-refractivity contribution in [1.29, 1.82) is 10.8 Å². The van der Waals surface area contributed by atoms with Crippen LogP contribution in [0.2, 0.25) is 0 Å². The summed E-state index contributed by atoms with van der Waals surface area (Å²) >= 11 is 0. The highest BCUT2D eigenvalue weighted by Crippen LogP contribution is 2.37. The molecule has 0 spiro atoms. The molecule has 40 heavy (non-hydrogen) atoms. The zero-order chi connectivity index (χ0) is 28.6. The average molecular weight is 541 g/mol. The number of rotatable bonds is 10. The SMILES string of the molecule is COc1c(C#N)cccc1-c1cc(/C(=C/NCc2cccc(C(C)C3CCC(C(=O)O)CC3)n2)N=N)nc(N)n1. The topological polar surface area (TPSA) is 183 Å². The number of nitrogen functional groups attached to an aromatic ring is 1. The summed E-state index contributed by atoms with van der Waals surface area (Å²) in [5.41, 5.74) is 17.4. The molecule has 1 aromatic carbocycles. The predicted octanol–water partition coefficient (Wildman–Crippen LogP) is 5.11. The zero-order valence-electron chi connectivity index (χ0n) is 22.5. The molecule has 1 aliphatic rings. The van der Waals surface area contributed by atoms with Crippen molar-refractivity contribution in [2.24, 2.45) is 17.0 Å². The van der Waals surface area contributed by atoms with Gasteiger partial charge in [0.25, 0.3) is 0 Å². The molecule has 0 radical (unpaired) electrons. The fourth-order valence-corrected chi connectivity index (χ4v) is 5.16. The van der Waals surface area contributed by atoms with Gasteiger partial charge in [0.1, 0.15) is 17.5 Å². The third-order valence-corrected chi connectivity index (χ3v) is 7.39. The monoisotopic (exact) mass is 540 g/mol. The van der Waals surface area contributed by atoms with E-state index in [1.165, 1.54) is 7.11 Å². The van der Waals surface area contributed by atoms with Gasteiger partial charge in [0.2, 0.25) is 5.95 Å². The summed E-state index contributed by atoms with van der Waals surface area (Å²) in [5.74, 6) is 0.0648. The first-order valence-corrected chi connectivity index (χ1v) is 13.1. The fraction of sp³-hybridized carbons (Fsp3) is 0.345. The quantitative estimate of drug-likeness (QED) is 0.254. The van der Waals surface area contributed by atoms with Crippen molar-refractivity contribution in [2.45, 2.75) is 45.1 Å². The molecule has 206 valence electrons. The Morgan fingerprint density at radius 3 is 2.67 bits per heavy atom. The smallest absolute Gasteiger partial charge is 0.306 e. The van der Waals surface area contributed by atoms with Crippen molar-refractivity contribution in [2.75, 3.05) is 12.8 Å². The van der Waals surface area contributed by atoms with Gasteiger partial charge in [-0.15, -0.1) is 0 Å². The maximum absolute atomic E-state index is 11.3. The summed E-state index contributed by atoms with van der Waals surface area (Å²) in [6.45, 7) is 2.55. The number of carbonyl (C=O) groups is 1. The number of anilines is 1. The molecule has 0 aliphatic heterocycles. The normalized spacial score (nSPS) is 17.9. The van der Waals surface area contributed by atoms with Crippen molar-refractivity contribution in [1.82, 2.24) is 20.3 Å². The number of pyridine rings is 1. The first-order valence-electron chi connectivity index (χ1n) is 13.1. The van der Waals surface area contributed by atoms with Crippen molar-refractivity contribution in [3.8, 4) is 23.1 Å². The number of carboxylic acids is 1. The Hall–Kier alpha value is -4.85. The molecule has 1 saturated carbocycles. The highest BCUT2D eigenvalue weighted by atomic mass is 16.5. The van der Waals surface area contributed by atoms with Gasteiger partial charge in [-0.05, 0) is 61.9 Å². The summed E-state index contributed by atoms with van der Waals surface area (Å²) < 4.78 is 5.44. The number of hydrogen-bond acceptors (Lipinski definition) is 10. The van der Waals surface area contributed by atoms with Crippen molar-refractivity contribution in [3.05, 3.63) is 71.3 Å². The Labute approximate surface area is 232 Å². The molecule has 2 heterocycles. The van der Waals surface area contributed by atoms with Gasteiger partial charge in [0, 0.05) is 23.4 Å². The fourth-order valence-electron chi connectivity index (χ4n) is 5.16. The standard InChI is InChI=1S/C29H32N8O3/c1-17(18-9-11-19(12-10-18)28(38)39)23-8-4-6-21(34-23)15-33-16-26(37-32)25-13-24(35-29(31)36-25)22-7-3-5-20(14-30)27(22)40-2/h3-8,13,16-19,32-33H,9-12,15H2,1-2H3,(H,38,39)(H2,31,35,36)/b26-16-,37-32?. The highest BCUT2D eigenvalue weighted by Gasteiger charge is 2.29. The van der Waals surface area contributed by atoms with Gasteiger partial charge in [0.05, 0.1) is 42.2 Å². The van der Waals surface area contributed by atoms with Gasteiger partial charge in [-0.25, -0.2) is 15.5 Å². The molecule has 4 rings (SSSR count). The minimum absolute atomic E-state index is 0.00722. The van der Waals surface area contributed by atoms with E-state index in [1.54, 1.807) is 30.5 Å². The number of methoxy groups -OCH3 is 1. The lowest BCUT2D eigenvalue weighted by Crippen LogP contribution is -2.24. The van der Waals surface area contributed by atoms with Crippen LogP contribution in [0.1, 0.15) is 61.2 Å². The van der Waals surface area contributed by atoms with Gasteiger partial charge < -0.3 is 20.9 Å². The second-order valence-electron chi connectivity index (χ2n) is 9.81. The Morgan fingerprint density at radius 1 is 1.25 bits per heavy atom. The molecular weight excluding hydrogens is 508 g/mol. The number of hydrogen-bond donors (Lipinski definition) is 4. The zero-order valence-corrected chi connectivity index (χ0v) is 22.5. The number of carboxylic acid groups (broad SMARTS) is 1. The maximum Gasteiger partial charge on any atom is 0.306 e. The van der Waals surface area contributed by atoms with E-state index >= 15 is 0 Å². The second-order valence-corrected chi connectivity index (χ2v) is 9.81. The predicted molar refractivity (Wildman–Crippen MR) is 149 cm³/mol. The van der Waals surface area contributed by atoms with E-state index in [0.29, 0.717) is 53.6 Å². The number of aromatic nitrogens is 3. The summed E-state index contributed by atoms with van der Waals surface area (Å²) in [7, 11) is 1.48. The van der Waals surface area contributed by atoms with Crippen LogP contribution in [0.5, 0.6) is 5.75 Å². The van der Waals surface area contributed by atoms with Crippen LogP contribution >= 0.6 is 0 Å². The molecule has 3 aromatic rings. The van der Waals surface area contributed by atoms with E-state index in [1.807, 2.05) is 18.2 Å². The van der Waals surface area contributed by atoms with Crippen molar-refractivity contribution >= 4 is 17.6 Å². The molecule has 11 nitrogen and oxygen atoms in total. The molecule has 5 N–H and O–H groups in total. The van der Waals surface area contributed by atoms with E-state index in [4.69, 9.17) is 21.0 Å². The highest BCUT2D eigenvalue weighted by molar-refractivity contribution is 5.74. The van der Waals surface area contributed by atoms with Crippen LogP contribution in [-0.2, 0) is 11.3 Å². The van der Waals surface area contributed by atoms with Crippen LogP contribution in [0.25, 0.3) is 17.0 Å². The third kappa shape index (κ3) is 6.40. The largest absolute Gasteiger partial charge is 0.495 e. The minimum Gasteiger partial charge on any atom is -0.495 e. The number of para-hydroxylation sites is 1. The number of nitrogens with one attached hydrogen (secondary N) is 2.